The third kappa shape index (κ3) is 5.57. The lowest BCUT2D eigenvalue weighted by molar-refractivity contribution is 0.0991. The van der Waals surface area contributed by atoms with E-state index in [4.69, 9.17) is 9.40 Å². The molecule has 0 unspecified atom stereocenters. The topological polar surface area (TPSA) is 106 Å². The molecular weight excluding hydrogens is 548 g/mol. The van der Waals surface area contributed by atoms with Gasteiger partial charge in [0.25, 0.3) is 11.8 Å². The van der Waals surface area contributed by atoms with Crippen LogP contribution in [0.2, 0.25) is 0 Å². The number of carbonyl (C=O) groups excluding carboxylic acids is 2. The van der Waals surface area contributed by atoms with Crippen LogP contribution in [0.25, 0.3) is 21.7 Å². The highest BCUT2D eigenvalue weighted by Crippen LogP contribution is 2.30. The molecule has 6 aromatic rings. The Hall–Kier alpha value is -5.09. The van der Waals surface area contributed by atoms with E-state index < -0.39 is 0 Å². The van der Waals surface area contributed by atoms with Gasteiger partial charge in [-0.3, -0.25) is 19.9 Å². The number of aromatic nitrogens is 4. The molecule has 0 saturated carbocycles. The first-order valence-electron chi connectivity index (χ1n) is 13.4. The number of nitrogens with zero attached hydrogens (tertiary/aromatic N) is 5. The Morgan fingerprint density at radius 3 is 2.55 bits per heavy atom. The van der Waals surface area contributed by atoms with Crippen LogP contribution in [-0.2, 0) is 13.0 Å². The second kappa shape index (κ2) is 11.4. The summed E-state index contributed by atoms with van der Waals surface area (Å²) in [6.45, 7) is 4.31. The number of hydrogen-bond donors (Lipinski definition) is 1. The second-order valence-corrected chi connectivity index (χ2v) is 11.0. The van der Waals surface area contributed by atoms with Gasteiger partial charge < -0.3 is 13.9 Å². The molecule has 42 heavy (non-hydrogen) atoms. The number of aryl methyl sites for hydroxylation is 4. The molecule has 0 bridgehead atoms. The van der Waals surface area contributed by atoms with Crippen molar-refractivity contribution in [2.75, 3.05) is 17.3 Å². The summed E-state index contributed by atoms with van der Waals surface area (Å²) >= 11 is 1.32. The Kier molecular flexibility index (Phi) is 7.37. The summed E-state index contributed by atoms with van der Waals surface area (Å²) in [4.78, 5) is 42.7. The maximum absolute atomic E-state index is 13.4. The lowest BCUT2D eigenvalue weighted by atomic mass is 10.2. The molecule has 1 N–H and O–H groups in total. The van der Waals surface area contributed by atoms with Crippen LogP contribution in [0.3, 0.4) is 0 Å². The lowest BCUT2D eigenvalue weighted by Gasteiger charge is -2.17. The van der Waals surface area contributed by atoms with Gasteiger partial charge in [0.15, 0.2) is 11.7 Å². The number of carbonyl (C=O) groups is 2. The minimum Gasteiger partial charge on any atom is -0.440 e. The van der Waals surface area contributed by atoms with Crippen LogP contribution in [0.4, 0.5) is 11.6 Å². The number of rotatable bonds is 8. The van der Waals surface area contributed by atoms with Crippen LogP contribution >= 0.6 is 11.3 Å². The van der Waals surface area contributed by atoms with E-state index in [-0.39, 0.29) is 11.8 Å². The first-order chi connectivity index (χ1) is 20.4. The molecule has 6 rings (SSSR count). The second-order valence-electron chi connectivity index (χ2n) is 9.91. The van der Waals surface area contributed by atoms with E-state index in [1.807, 2.05) is 66.2 Å². The normalized spacial score (nSPS) is 11.1. The standard InChI is InChI=1S/C32H28N6O3S/c1-20-9-10-22(18-33-20)15-16-38-26-12-11-24(37(3)31(40)23-7-5-4-6-8-23)17-25(26)35-32(38)36-30(39)29-14-13-28(42-29)27-19-34-21(2)41-27/h4-14,17-19H,15-16H2,1-3H3,(H,35,36,39). The molecular formula is C32H28N6O3S. The summed E-state index contributed by atoms with van der Waals surface area (Å²) < 4.78 is 7.61. The fourth-order valence-corrected chi connectivity index (χ4v) is 5.51. The highest BCUT2D eigenvalue weighted by Gasteiger charge is 2.19. The largest absolute Gasteiger partial charge is 0.440 e. The summed E-state index contributed by atoms with van der Waals surface area (Å²) in [5, 5.41) is 3.01. The summed E-state index contributed by atoms with van der Waals surface area (Å²) in [6.07, 6.45) is 4.22. The molecule has 0 atom stereocenters. The van der Waals surface area contributed by atoms with E-state index in [2.05, 4.69) is 21.4 Å². The first kappa shape index (κ1) is 27.1. The Bertz CT molecular complexity index is 1890. The van der Waals surface area contributed by atoms with Crippen LogP contribution in [0, 0.1) is 13.8 Å². The van der Waals surface area contributed by atoms with Crippen LogP contribution < -0.4 is 10.2 Å². The SMILES string of the molecule is Cc1ccc(CCn2c(NC(=O)c3ccc(-c4cnc(C)o4)s3)nc3cc(N(C)C(=O)c4ccccc4)ccc32)cn1. The number of hydrogen-bond acceptors (Lipinski definition) is 7. The van der Waals surface area contributed by atoms with Crippen molar-refractivity contribution in [1.29, 1.82) is 0 Å². The zero-order chi connectivity index (χ0) is 29.2. The number of amides is 2. The third-order valence-corrected chi connectivity index (χ3v) is 8.06. The molecule has 0 radical (unpaired) electrons. The monoisotopic (exact) mass is 576 g/mol. The van der Waals surface area contributed by atoms with E-state index in [0.29, 0.717) is 52.2 Å². The number of benzene rings is 2. The molecule has 0 aliphatic heterocycles. The third-order valence-electron chi connectivity index (χ3n) is 6.96. The van der Waals surface area contributed by atoms with E-state index in [1.54, 1.807) is 43.3 Å². The maximum Gasteiger partial charge on any atom is 0.268 e. The van der Waals surface area contributed by atoms with Crippen LogP contribution in [0.15, 0.2) is 89.6 Å². The lowest BCUT2D eigenvalue weighted by Crippen LogP contribution is -2.26. The number of thiophene rings is 1. The maximum atomic E-state index is 13.4. The Labute approximate surface area is 246 Å². The number of nitrogens with one attached hydrogen (secondary N) is 1. The van der Waals surface area contributed by atoms with Crippen molar-refractivity contribution in [2.45, 2.75) is 26.8 Å². The molecule has 10 heteroatoms. The van der Waals surface area contributed by atoms with Crippen molar-refractivity contribution in [2.24, 2.45) is 0 Å². The van der Waals surface area contributed by atoms with Gasteiger partial charge in [0, 0.05) is 43.7 Å². The highest BCUT2D eigenvalue weighted by atomic mass is 32.1. The van der Waals surface area contributed by atoms with Crippen molar-refractivity contribution in [3.63, 3.8) is 0 Å². The Morgan fingerprint density at radius 1 is 0.976 bits per heavy atom. The van der Waals surface area contributed by atoms with Crippen LogP contribution in [0.5, 0.6) is 0 Å². The van der Waals surface area contributed by atoms with Gasteiger partial charge in [0.05, 0.1) is 27.0 Å². The van der Waals surface area contributed by atoms with Gasteiger partial charge in [-0.15, -0.1) is 11.3 Å². The molecule has 0 fully saturated rings. The molecule has 0 aliphatic carbocycles. The average Bonchev–Trinajstić information content (AvgIpc) is 3.75. The van der Waals surface area contributed by atoms with Crippen molar-refractivity contribution < 1.29 is 14.0 Å². The van der Waals surface area contributed by atoms with Gasteiger partial charge in [-0.05, 0) is 67.4 Å². The van der Waals surface area contributed by atoms with Crippen molar-refractivity contribution in [3.8, 4) is 10.6 Å². The molecule has 210 valence electrons. The zero-order valence-corrected chi connectivity index (χ0v) is 24.2. The van der Waals surface area contributed by atoms with Gasteiger partial charge in [0.1, 0.15) is 0 Å². The summed E-state index contributed by atoms with van der Waals surface area (Å²) in [5.41, 5.74) is 4.85. The van der Waals surface area contributed by atoms with Gasteiger partial charge in [0.2, 0.25) is 5.95 Å². The fourth-order valence-electron chi connectivity index (χ4n) is 4.66. The van der Waals surface area contributed by atoms with Crippen molar-refractivity contribution in [1.82, 2.24) is 19.5 Å². The molecule has 0 saturated heterocycles. The smallest absolute Gasteiger partial charge is 0.268 e. The molecule has 4 aromatic heterocycles. The Morgan fingerprint density at radius 2 is 1.81 bits per heavy atom. The minimum atomic E-state index is -0.271. The molecule has 0 aliphatic rings. The van der Waals surface area contributed by atoms with Crippen LogP contribution in [0.1, 0.15) is 37.2 Å². The number of oxazole rings is 1. The van der Waals surface area contributed by atoms with Gasteiger partial charge >= 0.3 is 0 Å². The number of imidazole rings is 1. The zero-order valence-electron chi connectivity index (χ0n) is 23.4. The van der Waals surface area contributed by atoms with Crippen molar-refractivity contribution >= 4 is 45.8 Å². The van der Waals surface area contributed by atoms with E-state index in [1.165, 1.54) is 11.3 Å². The molecule has 9 nitrogen and oxygen atoms in total. The number of pyridine rings is 1. The van der Waals surface area contributed by atoms with Gasteiger partial charge in [-0.1, -0.05) is 24.3 Å². The molecule has 2 aromatic carbocycles. The van der Waals surface area contributed by atoms with Crippen molar-refractivity contribution in [3.05, 3.63) is 113 Å². The number of fused-ring (bicyclic) bond motifs is 1. The van der Waals surface area contributed by atoms with Gasteiger partial charge in [-0.2, -0.15) is 0 Å². The average molecular weight is 577 g/mol. The molecule has 4 heterocycles. The van der Waals surface area contributed by atoms with Crippen LogP contribution in [-0.4, -0.2) is 38.4 Å². The molecule has 2 amide bonds. The van der Waals surface area contributed by atoms with E-state index in [0.717, 1.165) is 21.7 Å². The van der Waals surface area contributed by atoms with Gasteiger partial charge in [-0.25, -0.2) is 9.97 Å². The van der Waals surface area contributed by atoms with E-state index in [9.17, 15) is 9.59 Å². The predicted octanol–water partition coefficient (Wildman–Crippen LogP) is 6.54. The molecule has 0 spiro atoms. The Balaban J connectivity index is 1.31. The summed E-state index contributed by atoms with van der Waals surface area (Å²) in [5.74, 6) is 1.22. The highest BCUT2D eigenvalue weighted by molar-refractivity contribution is 7.17. The summed E-state index contributed by atoms with van der Waals surface area (Å²) in [6, 6.07) is 22.5. The summed E-state index contributed by atoms with van der Waals surface area (Å²) in [7, 11) is 1.74. The first-order valence-corrected chi connectivity index (χ1v) is 14.3. The van der Waals surface area contributed by atoms with E-state index >= 15 is 0 Å². The fraction of sp³-hybridized carbons (Fsp3) is 0.156. The quantitative estimate of drug-likeness (QED) is 0.221. The minimum absolute atomic E-state index is 0.120. The number of anilines is 2. The predicted molar refractivity (Wildman–Crippen MR) is 164 cm³/mol.